The minimum Gasteiger partial charge on any atom is -0.465 e. The number of amides is 1. The van der Waals surface area contributed by atoms with Crippen LogP contribution in [0.3, 0.4) is 0 Å². The number of rotatable bonds is 4. The molecular weight excluding hydrogens is 368 g/mol. The van der Waals surface area contributed by atoms with Gasteiger partial charge in [0.25, 0.3) is 5.91 Å². The van der Waals surface area contributed by atoms with Gasteiger partial charge < -0.3 is 14.8 Å². The molecule has 0 aromatic heterocycles. The van der Waals surface area contributed by atoms with Crippen molar-refractivity contribution < 1.29 is 23.9 Å². The van der Waals surface area contributed by atoms with Crippen molar-refractivity contribution in [1.82, 2.24) is 5.32 Å². The van der Waals surface area contributed by atoms with Crippen molar-refractivity contribution in [3.8, 4) is 0 Å². The molecule has 2 aromatic carbocycles. The molecule has 0 atom stereocenters. The summed E-state index contributed by atoms with van der Waals surface area (Å²) >= 11 is 5.14. The van der Waals surface area contributed by atoms with Crippen LogP contribution in [0.5, 0.6) is 0 Å². The number of hydrogen-bond acceptors (Lipinski definition) is 6. The van der Waals surface area contributed by atoms with E-state index in [1.165, 1.54) is 32.4 Å². The third-order valence-corrected chi connectivity index (χ3v) is 3.74. The highest BCUT2D eigenvalue weighted by molar-refractivity contribution is 7.80. The van der Waals surface area contributed by atoms with E-state index in [-0.39, 0.29) is 22.1 Å². The Morgan fingerprint density at radius 1 is 0.889 bits per heavy atom. The largest absolute Gasteiger partial charge is 0.465 e. The van der Waals surface area contributed by atoms with Crippen LogP contribution in [0.1, 0.15) is 36.6 Å². The van der Waals surface area contributed by atoms with E-state index in [1.807, 2.05) is 13.0 Å². The van der Waals surface area contributed by atoms with Gasteiger partial charge in [0.1, 0.15) is 0 Å². The van der Waals surface area contributed by atoms with Gasteiger partial charge in [-0.1, -0.05) is 17.7 Å². The lowest BCUT2D eigenvalue weighted by atomic mass is 10.1. The quantitative estimate of drug-likeness (QED) is 0.616. The van der Waals surface area contributed by atoms with Crippen LogP contribution >= 0.6 is 12.2 Å². The average molecular weight is 386 g/mol. The molecule has 0 saturated carbocycles. The molecule has 7 nitrogen and oxygen atoms in total. The number of methoxy groups -OCH3 is 2. The number of nitrogens with one attached hydrogen (secondary N) is 2. The van der Waals surface area contributed by atoms with E-state index in [1.54, 1.807) is 18.2 Å². The Balaban J connectivity index is 2.19. The van der Waals surface area contributed by atoms with Crippen molar-refractivity contribution in [2.45, 2.75) is 6.92 Å². The maximum Gasteiger partial charge on any atom is 0.337 e. The van der Waals surface area contributed by atoms with E-state index in [0.29, 0.717) is 11.3 Å². The van der Waals surface area contributed by atoms with Crippen LogP contribution in [-0.4, -0.2) is 37.2 Å². The van der Waals surface area contributed by atoms with Gasteiger partial charge in [0.15, 0.2) is 5.11 Å². The first-order valence-electron chi connectivity index (χ1n) is 7.84. The van der Waals surface area contributed by atoms with Crippen molar-refractivity contribution in [3.63, 3.8) is 0 Å². The predicted octanol–water partition coefficient (Wildman–Crippen LogP) is 2.70. The monoisotopic (exact) mass is 386 g/mol. The minimum atomic E-state index is -0.626. The predicted molar refractivity (Wildman–Crippen MR) is 104 cm³/mol. The van der Waals surface area contributed by atoms with Crippen molar-refractivity contribution in [2.75, 3.05) is 19.5 Å². The van der Waals surface area contributed by atoms with Crippen LogP contribution in [0, 0.1) is 6.92 Å². The molecule has 0 unspecified atom stereocenters. The molecule has 0 heterocycles. The second kappa shape index (κ2) is 8.91. The van der Waals surface area contributed by atoms with Gasteiger partial charge in [-0.2, -0.15) is 0 Å². The Bertz CT molecular complexity index is 876. The first-order valence-corrected chi connectivity index (χ1v) is 8.25. The first-order chi connectivity index (χ1) is 12.8. The topological polar surface area (TPSA) is 93.7 Å². The summed E-state index contributed by atoms with van der Waals surface area (Å²) in [7, 11) is 2.46. The van der Waals surface area contributed by atoms with Crippen molar-refractivity contribution >= 4 is 40.9 Å². The third-order valence-electron chi connectivity index (χ3n) is 3.54. The van der Waals surface area contributed by atoms with Gasteiger partial charge in [-0.25, -0.2) is 9.59 Å². The number of anilines is 1. The summed E-state index contributed by atoms with van der Waals surface area (Å²) in [4.78, 5) is 35.9. The van der Waals surface area contributed by atoms with Crippen LogP contribution in [0.25, 0.3) is 0 Å². The molecule has 2 rings (SSSR count). The van der Waals surface area contributed by atoms with Crippen LogP contribution in [0.15, 0.2) is 42.5 Å². The Kier molecular flexibility index (Phi) is 6.62. The molecule has 0 bridgehead atoms. The lowest BCUT2D eigenvalue weighted by Crippen LogP contribution is -2.34. The number of thiocarbonyl (C=S) groups is 1. The Morgan fingerprint density at radius 2 is 1.48 bits per heavy atom. The van der Waals surface area contributed by atoms with Gasteiger partial charge in [0, 0.05) is 11.3 Å². The van der Waals surface area contributed by atoms with E-state index < -0.39 is 11.9 Å². The number of carbonyl (C=O) groups excluding carboxylic acids is 3. The third kappa shape index (κ3) is 5.35. The molecule has 0 spiro atoms. The van der Waals surface area contributed by atoms with Gasteiger partial charge in [0.2, 0.25) is 0 Å². The van der Waals surface area contributed by atoms with Crippen molar-refractivity contribution in [3.05, 3.63) is 64.7 Å². The van der Waals surface area contributed by atoms with Crippen LogP contribution in [-0.2, 0) is 9.47 Å². The van der Waals surface area contributed by atoms with Gasteiger partial charge >= 0.3 is 11.9 Å². The smallest absolute Gasteiger partial charge is 0.337 e. The molecule has 0 saturated heterocycles. The molecule has 2 aromatic rings. The summed E-state index contributed by atoms with van der Waals surface area (Å²) in [6.07, 6.45) is 0. The number of aryl methyl sites for hydroxylation is 1. The molecule has 0 fully saturated rings. The fraction of sp³-hybridized carbons (Fsp3) is 0.158. The molecule has 8 heteroatoms. The van der Waals surface area contributed by atoms with E-state index in [0.717, 1.165) is 5.56 Å². The second-order valence-corrected chi connectivity index (χ2v) is 5.97. The highest BCUT2D eigenvalue weighted by Crippen LogP contribution is 2.17. The van der Waals surface area contributed by atoms with Crippen LogP contribution in [0.4, 0.5) is 5.69 Å². The van der Waals surface area contributed by atoms with Gasteiger partial charge in [-0.15, -0.1) is 0 Å². The Hall–Kier alpha value is -3.26. The van der Waals surface area contributed by atoms with Gasteiger partial charge in [-0.3, -0.25) is 10.1 Å². The standard InChI is InChI=1S/C19H18N2O5S/c1-11-5-4-6-12(7-11)16(22)21-19(27)20-15-9-13(17(23)25-2)8-14(10-15)18(24)26-3/h4-10H,1-3H3,(H2,20,21,22,27). The molecule has 1 amide bonds. The molecule has 2 N–H and O–H groups in total. The lowest BCUT2D eigenvalue weighted by Gasteiger charge is -2.12. The number of carbonyl (C=O) groups is 3. The zero-order valence-corrected chi connectivity index (χ0v) is 15.8. The molecule has 0 radical (unpaired) electrons. The Labute approximate surface area is 161 Å². The highest BCUT2D eigenvalue weighted by atomic mass is 32.1. The van der Waals surface area contributed by atoms with Gasteiger partial charge in [0.05, 0.1) is 25.3 Å². The lowest BCUT2D eigenvalue weighted by molar-refractivity contribution is 0.0599. The maximum atomic E-state index is 12.3. The highest BCUT2D eigenvalue weighted by Gasteiger charge is 2.15. The molecule has 0 aliphatic heterocycles. The zero-order chi connectivity index (χ0) is 20.0. The van der Waals surface area contributed by atoms with Gasteiger partial charge in [-0.05, 0) is 49.5 Å². The molecule has 27 heavy (non-hydrogen) atoms. The SMILES string of the molecule is COC(=O)c1cc(NC(=S)NC(=O)c2cccc(C)c2)cc(C(=O)OC)c1. The van der Waals surface area contributed by atoms with Crippen LogP contribution < -0.4 is 10.6 Å². The summed E-state index contributed by atoms with van der Waals surface area (Å²) in [5.41, 5.74) is 1.99. The molecule has 0 aliphatic carbocycles. The van der Waals surface area contributed by atoms with E-state index >= 15 is 0 Å². The minimum absolute atomic E-state index is 0.0133. The zero-order valence-electron chi connectivity index (χ0n) is 15.0. The van der Waals surface area contributed by atoms with Crippen molar-refractivity contribution in [1.29, 1.82) is 0 Å². The fourth-order valence-corrected chi connectivity index (χ4v) is 2.51. The maximum absolute atomic E-state index is 12.3. The molecular formula is C19H18N2O5S. The van der Waals surface area contributed by atoms with Crippen LogP contribution in [0.2, 0.25) is 0 Å². The second-order valence-electron chi connectivity index (χ2n) is 5.56. The fourth-order valence-electron chi connectivity index (χ4n) is 2.30. The summed E-state index contributed by atoms with van der Waals surface area (Å²) in [5, 5.41) is 5.34. The molecule has 140 valence electrons. The van der Waals surface area contributed by atoms with E-state index in [9.17, 15) is 14.4 Å². The van der Waals surface area contributed by atoms with Crippen molar-refractivity contribution in [2.24, 2.45) is 0 Å². The molecule has 0 aliphatic rings. The average Bonchev–Trinajstić information content (AvgIpc) is 2.66. The number of esters is 2. The number of ether oxygens (including phenoxy) is 2. The Morgan fingerprint density at radius 3 is 2.00 bits per heavy atom. The summed E-state index contributed by atoms with van der Waals surface area (Å²) < 4.78 is 9.35. The van der Waals surface area contributed by atoms with E-state index in [2.05, 4.69) is 20.1 Å². The number of hydrogen-bond donors (Lipinski definition) is 2. The van der Waals surface area contributed by atoms with E-state index in [4.69, 9.17) is 12.2 Å². The summed E-state index contributed by atoms with van der Waals surface area (Å²) in [5.74, 6) is -1.63. The normalized spacial score (nSPS) is 9.89. The summed E-state index contributed by atoms with van der Waals surface area (Å²) in [6.45, 7) is 1.88. The summed E-state index contributed by atoms with van der Waals surface area (Å²) in [6, 6.07) is 11.3. The number of benzene rings is 2. The first kappa shape index (κ1) is 20.1.